The zero-order valence-electron chi connectivity index (χ0n) is 13.9. The standard InChI is InChI=1S/C20H20N2OS/c1-15-10-16(2)12-18(11-15)14-22-19(23)8-9-21(20(22)24)13-17-6-4-3-5-7-17/h3-12H,13-14H2,1-2H3. The summed E-state index contributed by atoms with van der Waals surface area (Å²) >= 11 is 5.57. The van der Waals surface area contributed by atoms with E-state index >= 15 is 0 Å². The molecule has 0 unspecified atom stereocenters. The molecule has 1 heterocycles. The molecular weight excluding hydrogens is 316 g/mol. The molecule has 0 N–H and O–H groups in total. The molecule has 3 nitrogen and oxygen atoms in total. The van der Waals surface area contributed by atoms with Crippen molar-refractivity contribution in [2.75, 3.05) is 0 Å². The van der Waals surface area contributed by atoms with Gasteiger partial charge in [0.1, 0.15) is 0 Å². The minimum Gasteiger partial charge on any atom is -0.321 e. The lowest BCUT2D eigenvalue weighted by Gasteiger charge is -2.13. The van der Waals surface area contributed by atoms with Crippen LogP contribution in [0.25, 0.3) is 0 Å². The number of aryl methyl sites for hydroxylation is 2. The summed E-state index contributed by atoms with van der Waals surface area (Å²) in [7, 11) is 0. The second-order valence-electron chi connectivity index (χ2n) is 6.13. The van der Waals surface area contributed by atoms with Gasteiger partial charge in [-0.25, -0.2) is 0 Å². The van der Waals surface area contributed by atoms with Gasteiger partial charge in [0.25, 0.3) is 5.56 Å². The first kappa shape index (κ1) is 16.4. The van der Waals surface area contributed by atoms with E-state index in [9.17, 15) is 4.79 Å². The van der Waals surface area contributed by atoms with Crippen molar-refractivity contribution < 1.29 is 0 Å². The third-order valence-corrected chi connectivity index (χ3v) is 4.41. The van der Waals surface area contributed by atoms with Gasteiger partial charge in [-0.15, -0.1) is 0 Å². The van der Waals surface area contributed by atoms with Crippen LogP contribution in [0.3, 0.4) is 0 Å². The minimum atomic E-state index is -0.0662. The molecule has 3 aromatic rings. The second-order valence-corrected chi connectivity index (χ2v) is 6.50. The molecule has 24 heavy (non-hydrogen) atoms. The van der Waals surface area contributed by atoms with Crippen LogP contribution in [-0.4, -0.2) is 9.13 Å². The van der Waals surface area contributed by atoms with E-state index in [4.69, 9.17) is 12.2 Å². The van der Waals surface area contributed by atoms with Crippen molar-refractivity contribution in [1.29, 1.82) is 0 Å². The molecule has 0 fully saturated rings. The summed E-state index contributed by atoms with van der Waals surface area (Å²) in [4.78, 5) is 12.3. The molecule has 0 aliphatic carbocycles. The zero-order chi connectivity index (χ0) is 17.1. The van der Waals surface area contributed by atoms with Gasteiger partial charge in [0, 0.05) is 18.8 Å². The van der Waals surface area contributed by atoms with Gasteiger partial charge in [0.05, 0.1) is 6.54 Å². The van der Waals surface area contributed by atoms with Crippen molar-refractivity contribution in [1.82, 2.24) is 9.13 Å². The first-order chi connectivity index (χ1) is 11.5. The molecule has 4 heteroatoms. The van der Waals surface area contributed by atoms with Crippen molar-refractivity contribution in [2.24, 2.45) is 0 Å². The average molecular weight is 336 g/mol. The normalized spacial score (nSPS) is 10.8. The number of benzene rings is 2. The molecule has 0 spiro atoms. The summed E-state index contributed by atoms with van der Waals surface area (Å²) < 4.78 is 4.15. The summed E-state index contributed by atoms with van der Waals surface area (Å²) in [5.41, 5.74) is 4.57. The summed E-state index contributed by atoms with van der Waals surface area (Å²) in [5, 5.41) is 0. The third kappa shape index (κ3) is 3.71. The van der Waals surface area contributed by atoms with E-state index < -0.39 is 0 Å². The fourth-order valence-corrected chi connectivity index (χ4v) is 3.23. The minimum absolute atomic E-state index is 0.0662. The molecule has 0 saturated heterocycles. The third-order valence-electron chi connectivity index (χ3n) is 3.96. The molecule has 0 atom stereocenters. The lowest BCUT2D eigenvalue weighted by molar-refractivity contribution is 0.637. The quantitative estimate of drug-likeness (QED) is 0.671. The topological polar surface area (TPSA) is 26.9 Å². The number of rotatable bonds is 4. The maximum absolute atomic E-state index is 12.3. The van der Waals surface area contributed by atoms with E-state index in [-0.39, 0.29) is 5.56 Å². The Hall–Kier alpha value is -2.46. The molecule has 3 rings (SSSR count). The van der Waals surface area contributed by atoms with E-state index in [1.807, 2.05) is 22.8 Å². The molecule has 0 aliphatic heterocycles. The lowest BCUT2D eigenvalue weighted by Crippen LogP contribution is -2.24. The van der Waals surface area contributed by atoms with Crippen LogP contribution in [0.4, 0.5) is 0 Å². The molecule has 1 aromatic heterocycles. The fourth-order valence-electron chi connectivity index (χ4n) is 2.95. The molecule has 0 radical (unpaired) electrons. The fraction of sp³-hybridized carbons (Fsp3) is 0.200. The Bertz CT molecular complexity index is 951. The maximum atomic E-state index is 12.3. The summed E-state index contributed by atoms with van der Waals surface area (Å²) in [6, 6.07) is 18.0. The van der Waals surface area contributed by atoms with E-state index in [2.05, 4.69) is 44.2 Å². The van der Waals surface area contributed by atoms with Crippen LogP contribution in [0.5, 0.6) is 0 Å². The van der Waals surface area contributed by atoms with Gasteiger partial charge >= 0.3 is 0 Å². The predicted octanol–water partition coefficient (Wildman–Crippen LogP) is 4.09. The first-order valence-corrected chi connectivity index (χ1v) is 8.35. The molecule has 2 aromatic carbocycles. The Morgan fingerprint density at radius 1 is 0.875 bits per heavy atom. The predicted molar refractivity (Wildman–Crippen MR) is 100 cm³/mol. The molecule has 122 valence electrons. The highest BCUT2D eigenvalue weighted by molar-refractivity contribution is 7.71. The maximum Gasteiger partial charge on any atom is 0.254 e. The SMILES string of the molecule is Cc1cc(C)cc(Cn2c(=O)ccn(Cc3ccccc3)c2=S)c1. The number of hydrogen-bond donors (Lipinski definition) is 0. The number of nitrogens with zero attached hydrogens (tertiary/aromatic N) is 2. The Morgan fingerprint density at radius 3 is 2.21 bits per heavy atom. The highest BCUT2D eigenvalue weighted by Crippen LogP contribution is 2.10. The van der Waals surface area contributed by atoms with Crippen LogP contribution < -0.4 is 5.56 Å². The molecule has 0 aliphatic rings. The average Bonchev–Trinajstić information content (AvgIpc) is 2.54. The van der Waals surface area contributed by atoms with Gasteiger partial charge in [0.2, 0.25) is 0 Å². The van der Waals surface area contributed by atoms with Gasteiger partial charge in [-0.2, -0.15) is 0 Å². The van der Waals surface area contributed by atoms with Gasteiger partial charge in [0.15, 0.2) is 4.77 Å². The van der Waals surface area contributed by atoms with Crippen molar-refractivity contribution in [3.05, 3.63) is 98.2 Å². The Kier molecular flexibility index (Phi) is 4.76. The van der Waals surface area contributed by atoms with Gasteiger partial charge in [-0.05, 0) is 37.2 Å². The molecule has 0 bridgehead atoms. The summed E-state index contributed by atoms with van der Waals surface area (Å²) in [5.74, 6) is 0. The Morgan fingerprint density at radius 2 is 1.54 bits per heavy atom. The summed E-state index contributed by atoms with van der Waals surface area (Å²) in [6.07, 6.45) is 1.77. The van der Waals surface area contributed by atoms with Crippen molar-refractivity contribution in [3.8, 4) is 0 Å². The van der Waals surface area contributed by atoms with Crippen LogP contribution in [0.15, 0.2) is 65.6 Å². The van der Waals surface area contributed by atoms with E-state index in [0.29, 0.717) is 17.9 Å². The van der Waals surface area contributed by atoms with Crippen molar-refractivity contribution >= 4 is 12.2 Å². The van der Waals surface area contributed by atoms with Gasteiger partial charge in [-0.1, -0.05) is 59.7 Å². The van der Waals surface area contributed by atoms with Crippen LogP contribution in [0.2, 0.25) is 0 Å². The zero-order valence-corrected chi connectivity index (χ0v) is 14.7. The van der Waals surface area contributed by atoms with Crippen LogP contribution in [0, 0.1) is 18.6 Å². The smallest absolute Gasteiger partial charge is 0.254 e. The highest BCUT2D eigenvalue weighted by atomic mass is 32.1. The molecular formula is C20H20N2OS. The summed E-state index contributed by atoms with van der Waals surface area (Å²) in [6.45, 7) is 5.28. The number of hydrogen-bond acceptors (Lipinski definition) is 2. The van der Waals surface area contributed by atoms with Crippen LogP contribution >= 0.6 is 12.2 Å². The largest absolute Gasteiger partial charge is 0.321 e. The van der Waals surface area contributed by atoms with Crippen molar-refractivity contribution in [2.45, 2.75) is 26.9 Å². The van der Waals surface area contributed by atoms with Crippen LogP contribution in [-0.2, 0) is 13.1 Å². The second kappa shape index (κ2) is 6.97. The van der Waals surface area contributed by atoms with E-state index in [1.165, 1.54) is 11.1 Å². The molecule has 0 saturated carbocycles. The van der Waals surface area contributed by atoms with Crippen LogP contribution in [0.1, 0.15) is 22.3 Å². The van der Waals surface area contributed by atoms with Gasteiger partial charge < -0.3 is 4.57 Å². The lowest BCUT2D eigenvalue weighted by atomic mass is 10.1. The Labute approximate surface area is 146 Å². The molecule has 0 amide bonds. The van der Waals surface area contributed by atoms with Gasteiger partial charge in [-0.3, -0.25) is 9.36 Å². The monoisotopic (exact) mass is 336 g/mol. The van der Waals surface area contributed by atoms with E-state index in [0.717, 1.165) is 11.1 Å². The highest BCUT2D eigenvalue weighted by Gasteiger charge is 2.05. The van der Waals surface area contributed by atoms with Crippen molar-refractivity contribution in [3.63, 3.8) is 0 Å². The first-order valence-electron chi connectivity index (χ1n) is 7.94. The number of aromatic nitrogens is 2. The Balaban J connectivity index is 1.97. The van der Waals surface area contributed by atoms with E-state index in [1.54, 1.807) is 16.8 Å².